The van der Waals surface area contributed by atoms with Gasteiger partial charge < -0.3 is 15.4 Å². The molecule has 0 saturated heterocycles. The SMILES string of the molecule is [2H]C([2H])([2H])N1CCOCCCCCCCCCCCCCCCCCC(C(=O)C=O)N=C1N. The van der Waals surface area contributed by atoms with Gasteiger partial charge in [-0.1, -0.05) is 89.9 Å². The van der Waals surface area contributed by atoms with Crippen LogP contribution in [-0.4, -0.2) is 55.7 Å². The van der Waals surface area contributed by atoms with Gasteiger partial charge in [0, 0.05) is 24.2 Å². The third-order valence-corrected chi connectivity index (χ3v) is 5.73. The highest BCUT2D eigenvalue weighted by molar-refractivity contribution is 6.27. The maximum atomic E-state index is 12.1. The average Bonchev–Trinajstić information content (AvgIpc) is 2.77. The molecule has 1 unspecified atom stereocenters. The molecule has 0 saturated carbocycles. The van der Waals surface area contributed by atoms with E-state index in [0.29, 0.717) is 13.0 Å². The van der Waals surface area contributed by atoms with Crippen LogP contribution in [0.25, 0.3) is 0 Å². The minimum Gasteiger partial charge on any atom is -0.380 e. The summed E-state index contributed by atoms with van der Waals surface area (Å²) in [7, 11) is 0. The Hall–Kier alpha value is -1.43. The summed E-state index contributed by atoms with van der Waals surface area (Å²) in [5.74, 6) is -0.908. The molecular formula is C24H45N3O3. The normalized spacial score (nSPS) is 25.6. The fraction of sp³-hybridized carbons (Fsp3) is 0.875. The zero-order chi connectivity index (χ0) is 24.4. The van der Waals surface area contributed by atoms with Crippen molar-refractivity contribution >= 4 is 18.0 Å². The van der Waals surface area contributed by atoms with Crippen LogP contribution in [0, 0.1) is 0 Å². The number of ketones is 1. The first-order valence-electron chi connectivity index (χ1n) is 13.5. The highest BCUT2D eigenvalue weighted by Gasteiger charge is 2.17. The molecule has 30 heavy (non-hydrogen) atoms. The highest BCUT2D eigenvalue weighted by atomic mass is 16.5. The van der Waals surface area contributed by atoms with Crippen molar-refractivity contribution in [2.24, 2.45) is 10.7 Å². The van der Waals surface area contributed by atoms with Crippen LogP contribution in [0.5, 0.6) is 0 Å². The number of carbonyl (C=O) groups excluding carboxylic acids is 2. The van der Waals surface area contributed by atoms with Crippen molar-refractivity contribution in [1.29, 1.82) is 0 Å². The predicted octanol–water partition coefficient (Wildman–Crippen LogP) is 4.64. The fourth-order valence-electron chi connectivity index (χ4n) is 3.79. The molecule has 0 fully saturated rings. The van der Waals surface area contributed by atoms with Crippen molar-refractivity contribution in [3.8, 4) is 0 Å². The second-order valence-corrected chi connectivity index (χ2v) is 8.38. The molecule has 0 spiro atoms. The van der Waals surface area contributed by atoms with Gasteiger partial charge in [-0.15, -0.1) is 0 Å². The summed E-state index contributed by atoms with van der Waals surface area (Å²) in [5, 5.41) is 0. The van der Waals surface area contributed by atoms with Crippen molar-refractivity contribution < 1.29 is 18.4 Å². The molecule has 174 valence electrons. The number of aliphatic imine (C=N–C) groups is 1. The number of likely N-dealkylation sites (N-methyl/N-ethyl adjacent to an activating group) is 1. The summed E-state index contributed by atoms with van der Waals surface area (Å²) in [5.41, 5.74) is 5.99. The number of nitrogens with two attached hydrogens (primary N) is 1. The number of guanidine groups is 1. The minimum atomic E-state index is -2.50. The maximum Gasteiger partial charge on any atom is 0.219 e. The van der Waals surface area contributed by atoms with Gasteiger partial charge >= 0.3 is 0 Å². The molecule has 1 aliphatic heterocycles. The van der Waals surface area contributed by atoms with Crippen LogP contribution in [0.2, 0.25) is 0 Å². The Labute approximate surface area is 188 Å². The minimum absolute atomic E-state index is 0.0494. The molecule has 0 aromatic carbocycles. The molecule has 0 aromatic rings. The van der Waals surface area contributed by atoms with E-state index in [1.54, 1.807) is 0 Å². The number of ether oxygens (including phenoxy) is 1. The second kappa shape index (κ2) is 18.3. The van der Waals surface area contributed by atoms with Crippen LogP contribution < -0.4 is 5.73 Å². The van der Waals surface area contributed by atoms with Crippen molar-refractivity contribution in [1.82, 2.24) is 4.90 Å². The molecular weight excluding hydrogens is 378 g/mol. The Bertz CT molecular complexity index is 571. The average molecular weight is 427 g/mol. The molecule has 2 N–H and O–H groups in total. The van der Waals surface area contributed by atoms with Gasteiger partial charge in [0.2, 0.25) is 5.78 Å². The molecule has 0 bridgehead atoms. The third-order valence-electron chi connectivity index (χ3n) is 5.73. The molecule has 1 aliphatic rings. The first-order valence-corrected chi connectivity index (χ1v) is 12.0. The lowest BCUT2D eigenvalue weighted by Crippen LogP contribution is -2.38. The molecule has 1 atom stereocenters. The van der Waals surface area contributed by atoms with Crippen LogP contribution in [0.4, 0.5) is 0 Å². The first-order chi connectivity index (χ1) is 15.9. The molecule has 1 heterocycles. The second-order valence-electron chi connectivity index (χ2n) is 8.38. The van der Waals surface area contributed by atoms with E-state index in [0.717, 1.165) is 37.0 Å². The van der Waals surface area contributed by atoms with E-state index in [9.17, 15) is 9.59 Å². The molecule has 6 nitrogen and oxygen atoms in total. The Balaban J connectivity index is 2.71. The lowest BCUT2D eigenvalue weighted by atomic mass is 10.0. The van der Waals surface area contributed by atoms with E-state index in [1.807, 2.05) is 0 Å². The largest absolute Gasteiger partial charge is 0.380 e. The van der Waals surface area contributed by atoms with Gasteiger partial charge in [0.1, 0.15) is 6.04 Å². The number of hydrogen-bond donors (Lipinski definition) is 1. The van der Waals surface area contributed by atoms with Crippen LogP contribution in [0.15, 0.2) is 4.99 Å². The molecule has 0 radical (unpaired) electrons. The Morgan fingerprint density at radius 3 is 1.93 bits per heavy atom. The van der Waals surface area contributed by atoms with Crippen LogP contribution in [0.1, 0.15) is 107 Å². The third kappa shape index (κ3) is 13.7. The summed E-state index contributed by atoms with van der Waals surface area (Å²) in [6.45, 7) is -1.66. The molecule has 0 amide bonds. The van der Waals surface area contributed by atoms with Gasteiger partial charge in [-0.25, -0.2) is 4.99 Å². The summed E-state index contributed by atoms with van der Waals surface area (Å²) < 4.78 is 28.9. The van der Waals surface area contributed by atoms with Gasteiger partial charge in [0.05, 0.1) is 6.61 Å². The summed E-state index contributed by atoms with van der Waals surface area (Å²) in [4.78, 5) is 28.3. The van der Waals surface area contributed by atoms with Crippen LogP contribution in [-0.2, 0) is 14.3 Å². The van der Waals surface area contributed by atoms with E-state index in [-0.39, 0.29) is 25.4 Å². The number of nitrogens with zero attached hydrogens (tertiary/aromatic N) is 2. The maximum absolute atomic E-state index is 12.1. The zero-order valence-electron chi connectivity index (χ0n) is 21.8. The van der Waals surface area contributed by atoms with Gasteiger partial charge in [0.15, 0.2) is 12.2 Å². The molecule has 1 rings (SSSR count). The van der Waals surface area contributed by atoms with E-state index in [4.69, 9.17) is 14.6 Å². The standard InChI is InChI=1S/C24H45N3O3/c1-27-18-20-30-19-16-14-12-10-8-6-4-2-3-5-7-9-11-13-15-17-22(23(29)21-28)26-24(27)25/h21-22H,2-20H2,1H3,(H2,25,26)/i1D3. The van der Waals surface area contributed by atoms with Crippen molar-refractivity contribution in [2.75, 3.05) is 26.7 Å². The van der Waals surface area contributed by atoms with Crippen molar-refractivity contribution in [3.63, 3.8) is 0 Å². The van der Waals surface area contributed by atoms with Crippen molar-refractivity contribution in [3.05, 3.63) is 0 Å². The van der Waals surface area contributed by atoms with Gasteiger partial charge in [-0.05, 0) is 12.8 Å². The van der Waals surface area contributed by atoms with Crippen LogP contribution in [0.3, 0.4) is 0 Å². The molecule has 0 aliphatic carbocycles. The number of carbonyl (C=O) groups is 2. The number of Topliss-reactive ketones (excluding diaryl/α,β-unsaturated/α-hetero) is 1. The topological polar surface area (TPSA) is 85.0 Å². The Morgan fingerprint density at radius 2 is 1.43 bits per heavy atom. The highest BCUT2D eigenvalue weighted by Crippen LogP contribution is 2.15. The summed E-state index contributed by atoms with van der Waals surface area (Å²) >= 11 is 0. The van der Waals surface area contributed by atoms with Gasteiger partial charge in [-0.3, -0.25) is 9.59 Å². The summed E-state index contributed by atoms with van der Waals surface area (Å²) in [6, 6.07) is -0.932. The lowest BCUT2D eigenvalue weighted by Gasteiger charge is -2.20. The summed E-state index contributed by atoms with van der Waals surface area (Å²) in [6.07, 6.45) is 18.2. The lowest BCUT2D eigenvalue weighted by molar-refractivity contribution is -0.130. The molecule has 6 heteroatoms. The smallest absolute Gasteiger partial charge is 0.219 e. The number of hydrogen-bond acceptors (Lipinski definition) is 6. The van der Waals surface area contributed by atoms with Crippen molar-refractivity contribution in [2.45, 2.75) is 109 Å². The first kappa shape index (κ1) is 21.8. The predicted molar refractivity (Wildman–Crippen MR) is 124 cm³/mol. The van der Waals surface area contributed by atoms with Gasteiger partial charge in [0.25, 0.3) is 0 Å². The van der Waals surface area contributed by atoms with Gasteiger partial charge in [-0.2, -0.15) is 0 Å². The van der Waals surface area contributed by atoms with Crippen LogP contribution >= 0.6 is 0 Å². The Morgan fingerprint density at radius 1 is 0.933 bits per heavy atom. The zero-order valence-corrected chi connectivity index (χ0v) is 18.8. The Kier molecular flexibility index (Phi) is 13.3. The van der Waals surface area contributed by atoms with E-state index in [2.05, 4.69) is 4.99 Å². The van der Waals surface area contributed by atoms with E-state index in [1.165, 1.54) is 64.2 Å². The quantitative estimate of drug-likeness (QED) is 0.513. The molecule has 0 aromatic heterocycles. The van der Waals surface area contributed by atoms with E-state index >= 15 is 0 Å². The van der Waals surface area contributed by atoms with E-state index < -0.39 is 18.8 Å². The fourth-order valence-corrected chi connectivity index (χ4v) is 3.79. The monoisotopic (exact) mass is 426 g/mol. The number of aldehydes is 1. The number of rotatable bonds is 2.